The first-order valence-electron chi connectivity index (χ1n) is 8.31. The molecule has 2 aromatic heterocycles. The van der Waals surface area contributed by atoms with E-state index < -0.39 is 0 Å². The van der Waals surface area contributed by atoms with Gasteiger partial charge in [-0.05, 0) is 24.6 Å². The summed E-state index contributed by atoms with van der Waals surface area (Å²) in [5.74, 6) is 1.21. The second-order valence-electron chi connectivity index (χ2n) is 5.85. The SMILES string of the molecule is COc1ccc(CNC(=O)C(C)Sc2ncnc3c2cnn3C)cc1OC. The molecule has 27 heavy (non-hydrogen) atoms. The molecule has 0 aliphatic rings. The van der Waals surface area contributed by atoms with Crippen molar-refractivity contribution in [3.05, 3.63) is 36.3 Å². The van der Waals surface area contributed by atoms with Gasteiger partial charge in [-0.3, -0.25) is 9.48 Å². The molecule has 8 nitrogen and oxygen atoms in total. The minimum Gasteiger partial charge on any atom is -0.493 e. The first-order valence-corrected chi connectivity index (χ1v) is 9.19. The van der Waals surface area contributed by atoms with Gasteiger partial charge in [-0.15, -0.1) is 0 Å². The van der Waals surface area contributed by atoms with Gasteiger partial charge in [0, 0.05) is 13.6 Å². The lowest BCUT2D eigenvalue weighted by molar-refractivity contribution is -0.120. The third-order valence-electron chi connectivity index (χ3n) is 4.07. The van der Waals surface area contributed by atoms with Crippen LogP contribution in [-0.4, -0.2) is 45.1 Å². The predicted octanol–water partition coefficient (Wildman–Crippen LogP) is 2.18. The Morgan fingerprint density at radius 1 is 1.26 bits per heavy atom. The van der Waals surface area contributed by atoms with Gasteiger partial charge >= 0.3 is 0 Å². The lowest BCUT2D eigenvalue weighted by Gasteiger charge is -2.13. The van der Waals surface area contributed by atoms with Crippen LogP contribution < -0.4 is 14.8 Å². The molecule has 9 heteroatoms. The zero-order valence-corrected chi connectivity index (χ0v) is 16.4. The van der Waals surface area contributed by atoms with E-state index in [1.807, 2.05) is 32.2 Å². The maximum Gasteiger partial charge on any atom is 0.233 e. The van der Waals surface area contributed by atoms with Crippen LogP contribution in [0.5, 0.6) is 11.5 Å². The highest BCUT2D eigenvalue weighted by molar-refractivity contribution is 8.00. The van der Waals surface area contributed by atoms with Crippen molar-refractivity contribution in [2.45, 2.75) is 23.7 Å². The smallest absolute Gasteiger partial charge is 0.233 e. The van der Waals surface area contributed by atoms with Gasteiger partial charge in [-0.1, -0.05) is 17.8 Å². The molecule has 1 atom stereocenters. The number of carbonyl (C=O) groups excluding carboxylic acids is 1. The van der Waals surface area contributed by atoms with Crippen LogP contribution in [0.2, 0.25) is 0 Å². The number of nitrogens with one attached hydrogen (secondary N) is 1. The number of nitrogens with zero attached hydrogens (tertiary/aromatic N) is 4. The summed E-state index contributed by atoms with van der Waals surface area (Å²) in [6.07, 6.45) is 3.20. The van der Waals surface area contributed by atoms with Crippen LogP contribution in [0.4, 0.5) is 0 Å². The van der Waals surface area contributed by atoms with E-state index in [9.17, 15) is 4.79 Å². The molecular weight excluding hydrogens is 366 g/mol. The summed E-state index contributed by atoms with van der Waals surface area (Å²) in [7, 11) is 4.99. The first-order chi connectivity index (χ1) is 13.0. The van der Waals surface area contributed by atoms with Gasteiger partial charge in [-0.2, -0.15) is 5.10 Å². The van der Waals surface area contributed by atoms with Gasteiger partial charge in [0.1, 0.15) is 11.4 Å². The number of amides is 1. The fourth-order valence-corrected chi connectivity index (χ4v) is 3.48. The van der Waals surface area contributed by atoms with E-state index in [0.29, 0.717) is 18.0 Å². The van der Waals surface area contributed by atoms with Crippen LogP contribution in [0.25, 0.3) is 11.0 Å². The molecule has 2 heterocycles. The number of methoxy groups -OCH3 is 2. The van der Waals surface area contributed by atoms with Crippen LogP contribution in [-0.2, 0) is 18.4 Å². The number of aryl methyl sites for hydroxylation is 1. The average Bonchev–Trinajstić information content (AvgIpc) is 3.07. The first kappa shape index (κ1) is 19.0. The van der Waals surface area contributed by atoms with Crippen molar-refractivity contribution in [2.75, 3.05) is 14.2 Å². The summed E-state index contributed by atoms with van der Waals surface area (Å²) in [5, 5.41) is 8.39. The Labute approximate surface area is 161 Å². The van der Waals surface area contributed by atoms with E-state index in [0.717, 1.165) is 21.6 Å². The Morgan fingerprint density at radius 3 is 2.78 bits per heavy atom. The number of hydrogen-bond donors (Lipinski definition) is 1. The summed E-state index contributed by atoms with van der Waals surface area (Å²) in [4.78, 5) is 21.0. The van der Waals surface area contributed by atoms with Crippen LogP contribution in [0.15, 0.2) is 35.7 Å². The Kier molecular flexibility index (Phi) is 5.80. The largest absolute Gasteiger partial charge is 0.493 e. The molecule has 3 aromatic rings. The minimum absolute atomic E-state index is 0.0783. The van der Waals surface area contributed by atoms with Crippen molar-refractivity contribution in [3.63, 3.8) is 0 Å². The Morgan fingerprint density at radius 2 is 2.04 bits per heavy atom. The zero-order valence-electron chi connectivity index (χ0n) is 15.6. The summed E-state index contributed by atoms with van der Waals surface area (Å²) in [6.45, 7) is 2.25. The van der Waals surface area contributed by atoms with Gasteiger partial charge in [0.25, 0.3) is 0 Å². The van der Waals surface area contributed by atoms with Crippen LogP contribution >= 0.6 is 11.8 Å². The third-order valence-corrected chi connectivity index (χ3v) is 5.18. The van der Waals surface area contributed by atoms with Crippen molar-refractivity contribution >= 4 is 28.7 Å². The number of rotatable bonds is 7. The molecule has 0 aliphatic carbocycles. The highest BCUT2D eigenvalue weighted by Gasteiger charge is 2.18. The van der Waals surface area contributed by atoms with Crippen molar-refractivity contribution in [2.24, 2.45) is 7.05 Å². The van der Waals surface area contributed by atoms with Crippen molar-refractivity contribution < 1.29 is 14.3 Å². The standard InChI is InChI=1S/C18H21N5O3S/c1-11(27-18-13-9-22-23(2)16(13)20-10-21-18)17(24)19-8-12-5-6-14(25-3)15(7-12)26-4/h5-7,9-11H,8H2,1-4H3,(H,19,24). The molecule has 1 N–H and O–H groups in total. The highest BCUT2D eigenvalue weighted by atomic mass is 32.2. The van der Waals surface area contributed by atoms with E-state index in [1.165, 1.54) is 18.1 Å². The molecule has 0 aliphatic heterocycles. The third kappa shape index (κ3) is 4.13. The molecule has 0 radical (unpaired) electrons. The Bertz CT molecular complexity index is 959. The van der Waals surface area contributed by atoms with E-state index in [2.05, 4.69) is 20.4 Å². The van der Waals surface area contributed by atoms with E-state index in [-0.39, 0.29) is 11.2 Å². The fourth-order valence-electron chi connectivity index (χ4n) is 2.58. The lowest BCUT2D eigenvalue weighted by Crippen LogP contribution is -2.30. The molecule has 0 bridgehead atoms. The fraction of sp³-hybridized carbons (Fsp3) is 0.333. The summed E-state index contributed by atoms with van der Waals surface area (Å²) >= 11 is 1.38. The number of hydrogen-bond acceptors (Lipinski definition) is 7. The summed E-state index contributed by atoms with van der Waals surface area (Å²) in [6, 6.07) is 5.56. The van der Waals surface area contributed by atoms with Crippen molar-refractivity contribution in [1.29, 1.82) is 0 Å². The Balaban J connectivity index is 1.64. The van der Waals surface area contributed by atoms with Crippen LogP contribution in [0.1, 0.15) is 12.5 Å². The van der Waals surface area contributed by atoms with E-state index >= 15 is 0 Å². The van der Waals surface area contributed by atoms with Gasteiger partial charge in [0.2, 0.25) is 5.91 Å². The summed E-state index contributed by atoms with van der Waals surface area (Å²) < 4.78 is 12.2. The molecule has 3 rings (SSSR count). The maximum atomic E-state index is 12.5. The van der Waals surface area contributed by atoms with Gasteiger partial charge in [0.15, 0.2) is 17.1 Å². The van der Waals surface area contributed by atoms with E-state index in [4.69, 9.17) is 9.47 Å². The quantitative estimate of drug-likeness (QED) is 0.491. The van der Waals surface area contributed by atoms with Crippen LogP contribution in [0, 0.1) is 0 Å². The average molecular weight is 387 g/mol. The molecular formula is C18H21N5O3S. The molecule has 0 spiro atoms. The molecule has 1 aromatic carbocycles. The minimum atomic E-state index is -0.316. The van der Waals surface area contributed by atoms with Gasteiger partial charge in [0.05, 0.1) is 31.1 Å². The number of benzene rings is 1. The number of aromatic nitrogens is 4. The number of ether oxygens (including phenoxy) is 2. The number of fused-ring (bicyclic) bond motifs is 1. The highest BCUT2D eigenvalue weighted by Crippen LogP contribution is 2.29. The molecule has 0 saturated heterocycles. The number of thioether (sulfide) groups is 1. The predicted molar refractivity (Wildman–Crippen MR) is 103 cm³/mol. The molecule has 1 amide bonds. The van der Waals surface area contributed by atoms with Gasteiger partial charge < -0.3 is 14.8 Å². The monoisotopic (exact) mass is 387 g/mol. The Hall–Kier alpha value is -2.81. The second-order valence-corrected chi connectivity index (χ2v) is 7.18. The zero-order chi connectivity index (χ0) is 19.4. The van der Waals surface area contributed by atoms with Crippen LogP contribution in [0.3, 0.4) is 0 Å². The van der Waals surface area contributed by atoms with E-state index in [1.54, 1.807) is 25.1 Å². The number of carbonyl (C=O) groups is 1. The normalized spacial score (nSPS) is 12.0. The lowest BCUT2D eigenvalue weighted by atomic mass is 10.2. The summed E-state index contributed by atoms with van der Waals surface area (Å²) in [5.41, 5.74) is 1.67. The molecule has 0 saturated carbocycles. The topological polar surface area (TPSA) is 91.2 Å². The molecule has 0 fully saturated rings. The maximum absolute atomic E-state index is 12.5. The molecule has 1 unspecified atom stereocenters. The molecule has 142 valence electrons. The van der Waals surface area contributed by atoms with Gasteiger partial charge in [-0.25, -0.2) is 9.97 Å². The van der Waals surface area contributed by atoms with Crippen molar-refractivity contribution in [3.8, 4) is 11.5 Å². The van der Waals surface area contributed by atoms with Crippen molar-refractivity contribution in [1.82, 2.24) is 25.1 Å². The second kappa shape index (κ2) is 8.26.